The van der Waals surface area contributed by atoms with Gasteiger partial charge in [-0.1, -0.05) is 61.0 Å². The summed E-state index contributed by atoms with van der Waals surface area (Å²) >= 11 is 7.52. The summed E-state index contributed by atoms with van der Waals surface area (Å²) < 4.78 is 19.6. The van der Waals surface area contributed by atoms with Crippen LogP contribution in [-0.4, -0.2) is 30.1 Å². The summed E-state index contributed by atoms with van der Waals surface area (Å²) in [6.45, 7) is 1.90. The number of ether oxygens (including phenoxy) is 1. The molecule has 0 aromatic heterocycles. The van der Waals surface area contributed by atoms with Crippen molar-refractivity contribution in [3.8, 4) is 5.75 Å². The van der Waals surface area contributed by atoms with Crippen molar-refractivity contribution in [2.45, 2.75) is 23.5 Å². The lowest BCUT2D eigenvalue weighted by Crippen LogP contribution is -2.30. The third-order valence-corrected chi connectivity index (χ3v) is 7.84. The average molecular weight is 618 g/mol. The fourth-order valence-electron chi connectivity index (χ4n) is 3.99. The Morgan fingerprint density at radius 1 is 0.907 bits per heavy atom. The molecule has 10 heteroatoms. The van der Waals surface area contributed by atoms with Gasteiger partial charge in [0.2, 0.25) is 5.91 Å². The van der Waals surface area contributed by atoms with E-state index in [4.69, 9.17) is 16.3 Å². The van der Waals surface area contributed by atoms with Crippen LogP contribution >= 0.6 is 23.4 Å². The largest absolute Gasteiger partial charge is 0.495 e. The van der Waals surface area contributed by atoms with Crippen molar-refractivity contribution in [3.63, 3.8) is 0 Å². The molecule has 0 aliphatic carbocycles. The van der Waals surface area contributed by atoms with E-state index in [1.165, 1.54) is 43.1 Å². The van der Waals surface area contributed by atoms with Crippen molar-refractivity contribution in [2.75, 3.05) is 17.7 Å². The number of carbonyl (C=O) groups is 3. The Kier molecular flexibility index (Phi) is 11.0. The Hall–Kier alpha value is -4.60. The van der Waals surface area contributed by atoms with Crippen molar-refractivity contribution in [2.24, 2.45) is 0 Å². The standard InChI is InChI=1S/C33H29ClFN3O4S/c1-3-30(33(41)37-24-16-17-29(42-2)26(34)20-24)43-25-14-9-13-23(19-25)36-32(40)28(18-22-12-7-8-15-27(22)35)38-31(39)21-10-5-4-6-11-21/h4-20,30H,3H2,1-2H3,(H,36,40)(H,37,41)(H,38,39)/b28-18-. The number of nitrogens with one attached hydrogen (secondary N) is 3. The Morgan fingerprint density at radius 2 is 1.63 bits per heavy atom. The van der Waals surface area contributed by atoms with Gasteiger partial charge in [-0.3, -0.25) is 14.4 Å². The lowest BCUT2D eigenvalue weighted by atomic mass is 10.1. The van der Waals surface area contributed by atoms with Gasteiger partial charge in [-0.05, 0) is 67.1 Å². The highest BCUT2D eigenvalue weighted by Crippen LogP contribution is 2.31. The van der Waals surface area contributed by atoms with Crippen LogP contribution in [0.1, 0.15) is 29.3 Å². The molecule has 220 valence electrons. The number of halogens is 2. The van der Waals surface area contributed by atoms with E-state index in [2.05, 4.69) is 16.0 Å². The molecule has 1 atom stereocenters. The van der Waals surface area contributed by atoms with Gasteiger partial charge in [-0.15, -0.1) is 11.8 Å². The first-order chi connectivity index (χ1) is 20.8. The number of amides is 3. The van der Waals surface area contributed by atoms with Gasteiger partial charge in [-0.2, -0.15) is 0 Å². The van der Waals surface area contributed by atoms with Gasteiger partial charge in [0.25, 0.3) is 11.8 Å². The number of benzene rings is 4. The summed E-state index contributed by atoms with van der Waals surface area (Å²) in [6.07, 6.45) is 1.82. The summed E-state index contributed by atoms with van der Waals surface area (Å²) in [5.74, 6) is -1.40. The lowest BCUT2D eigenvalue weighted by molar-refractivity contribution is -0.116. The number of carbonyl (C=O) groups excluding carboxylic acids is 3. The van der Waals surface area contributed by atoms with Crippen LogP contribution in [0.25, 0.3) is 6.08 Å². The van der Waals surface area contributed by atoms with Crippen molar-refractivity contribution < 1.29 is 23.5 Å². The molecule has 3 N–H and O–H groups in total. The summed E-state index contributed by atoms with van der Waals surface area (Å²) in [5, 5.41) is 8.20. The minimum absolute atomic E-state index is 0.138. The Labute approximate surface area is 258 Å². The molecule has 3 amide bonds. The zero-order chi connectivity index (χ0) is 30.8. The quantitative estimate of drug-likeness (QED) is 0.120. The SMILES string of the molecule is CCC(Sc1cccc(NC(=O)/C(=C/c2ccccc2F)NC(=O)c2ccccc2)c1)C(=O)Nc1ccc(OC)c(Cl)c1. The predicted molar refractivity (Wildman–Crippen MR) is 170 cm³/mol. The first-order valence-corrected chi connectivity index (χ1v) is 14.6. The molecule has 0 saturated carbocycles. The molecule has 0 heterocycles. The molecule has 0 saturated heterocycles. The molecule has 1 unspecified atom stereocenters. The van der Waals surface area contributed by atoms with Gasteiger partial charge in [0.1, 0.15) is 17.3 Å². The van der Waals surface area contributed by atoms with Crippen LogP contribution < -0.4 is 20.7 Å². The second kappa shape index (κ2) is 15.0. The number of rotatable bonds is 11. The molecular formula is C33H29ClFN3O4S. The van der Waals surface area contributed by atoms with Crippen LogP contribution in [0, 0.1) is 5.82 Å². The van der Waals surface area contributed by atoms with Gasteiger partial charge in [0.05, 0.1) is 17.4 Å². The number of thioether (sulfide) groups is 1. The molecule has 7 nitrogen and oxygen atoms in total. The van der Waals surface area contributed by atoms with Crippen LogP contribution in [0.4, 0.5) is 15.8 Å². The molecule has 0 aliphatic heterocycles. The van der Waals surface area contributed by atoms with Crippen LogP contribution in [-0.2, 0) is 9.59 Å². The Bertz CT molecular complexity index is 1650. The molecule has 4 aromatic rings. The van der Waals surface area contributed by atoms with E-state index in [1.54, 1.807) is 72.8 Å². The van der Waals surface area contributed by atoms with E-state index in [9.17, 15) is 18.8 Å². The molecule has 0 spiro atoms. The minimum atomic E-state index is -0.643. The third-order valence-electron chi connectivity index (χ3n) is 6.19. The average Bonchev–Trinajstić information content (AvgIpc) is 3.01. The van der Waals surface area contributed by atoms with Gasteiger partial charge >= 0.3 is 0 Å². The van der Waals surface area contributed by atoms with E-state index in [1.807, 2.05) is 13.0 Å². The van der Waals surface area contributed by atoms with Crippen LogP contribution in [0.3, 0.4) is 0 Å². The molecule has 0 radical (unpaired) electrons. The second-order valence-corrected chi connectivity index (χ2v) is 10.9. The summed E-state index contributed by atoms with van der Waals surface area (Å²) in [4.78, 5) is 40.0. The van der Waals surface area contributed by atoms with E-state index in [0.29, 0.717) is 34.1 Å². The van der Waals surface area contributed by atoms with E-state index in [0.717, 1.165) is 4.90 Å². The van der Waals surface area contributed by atoms with Crippen LogP contribution in [0.2, 0.25) is 5.02 Å². The molecule has 43 heavy (non-hydrogen) atoms. The first kappa shape index (κ1) is 31.3. The maximum absolute atomic E-state index is 14.4. The highest BCUT2D eigenvalue weighted by molar-refractivity contribution is 8.00. The van der Waals surface area contributed by atoms with Crippen LogP contribution in [0.5, 0.6) is 5.75 Å². The Morgan fingerprint density at radius 3 is 2.33 bits per heavy atom. The van der Waals surface area contributed by atoms with Crippen molar-refractivity contribution >= 4 is 58.5 Å². The minimum Gasteiger partial charge on any atom is -0.495 e. The number of anilines is 2. The van der Waals surface area contributed by atoms with Crippen molar-refractivity contribution in [1.29, 1.82) is 0 Å². The normalized spacial score (nSPS) is 11.8. The third kappa shape index (κ3) is 8.70. The summed E-state index contributed by atoms with van der Waals surface area (Å²) in [6, 6.07) is 26.3. The first-order valence-electron chi connectivity index (χ1n) is 13.3. The van der Waals surface area contributed by atoms with Gasteiger partial charge in [-0.25, -0.2) is 4.39 Å². The number of hydrogen-bond donors (Lipinski definition) is 3. The van der Waals surface area contributed by atoms with E-state index < -0.39 is 22.9 Å². The molecule has 4 rings (SSSR count). The fraction of sp³-hybridized carbons (Fsp3) is 0.121. The van der Waals surface area contributed by atoms with E-state index >= 15 is 0 Å². The lowest BCUT2D eigenvalue weighted by Gasteiger charge is -2.16. The van der Waals surface area contributed by atoms with Gasteiger partial charge in [0.15, 0.2) is 0 Å². The highest BCUT2D eigenvalue weighted by atomic mass is 35.5. The topological polar surface area (TPSA) is 96.5 Å². The Balaban J connectivity index is 1.49. The zero-order valence-corrected chi connectivity index (χ0v) is 25.0. The second-order valence-electron chi connectivity index (χ2n) is 9.23. The zero-order valence-electron chi connectivity index (χ0n) is 23.4. The van der Waals surface area contributed by atoms with Gasteiger partial charge in [0, 0.05) is 27.4 Å². The molecule has 4 aromatic carbocycles. The molecule has 0 aliphatic rings. The van der Waals surface area contributed by atoms with Gasteiger partial charge < -0.3 is 20.7 Å². The fourth-order valence-corrected chi connectivity index (χ4v) is 5.26. The smallest absolute Gasteiger partial charge is 0.272 e. The highest BCUT2D eigenvalue weighted by Gasteiger charge is 2.20. The maximum Gasteiger partial charge on any atom is 0.272 e. The maximum atomic E-state index is 14.4. The summed E-state index contributed by atoms with van der Waals surface area (Å²) in [7, 11) is 1.51. The number of methoxy groups -OCH3 is 1. The number of hydrogen-bond acceptors (Lipinski definition) is 5. The summed E-state index contributed by atoms with van der Waals surface area (Å²) in [5.41, 5.74) is 1.32. The van der Waals surface area contributed by atoms with Crippen molar-refractivity contribution in [1.82, 2.24) is 5.32 Å². The van der Waals surface area contributed by atoms with Crippen molar-refractivity contribution in [3.05, 3.63) is 125 Å². The monoisotopic (exact) mass is 617 g/mol. The van der Waals surface area contributed by atoms with Crippen LogP contribution in [0.15, 0.2) is 108 Å². The van der Waals surface area contributed by atoms with E-state index in [-0.39, 0.29) is 17.2 Å². The molecule has 0 fully saturated rings. The predicted octanol–water partition coefficient (Wildman–Crippen LogP) is 7.41. The molecule has 0 bridgehead atoms. The molecular weight excluding hydrogens is 589 g/mol.